The normalized spacial score (nSPS) is 12.8. The van der Waals surface area contributed by atoms with Crippen molar-refractivity contribution in [2.75, 3.05) is 11.9 Å². The van der Waals surface area contributed by atoms with Crippen LogP contribution in [-0.2, 0) is 4.79 Å². The van der Waals surface area contributed by atoms with Gasteiger partial charge in [-0.3, -0.25) is 4.79 Å². The zero-order valence-corrected chi connectivity index (χ0v) is 11.2. The Kier molecular flexibility index (Phi) is 3.81. The molecule has 2 aromatic rings. The van der Waals surface area contributed by atoms with Crippen LogP contribution in [0.15, 0.2) is 24.3 Å². The molecule has 1 aromatic carbocycles. The second-order valence-corrected chi connectivity index (χ2v) is 5.37. The molecule has 2 rings (SSSR count). The second-order valence-electron chi connectivity index (χ2n) is 4.60. The van der Waals surface area contributed by atoms with Crippen molar-refractivity contribution in [3.63, 3.8) is 0 Å². The topological polar surface area (TPSA) is 62.2 Å². The molecule has 0 aliphatic rings. The van der Waals surface area contributed by atoms with Gasteiger partial charge in [0.25, 0.3) is 0 Å². The number of carbonyl (C=O) groups is 1. The van der Waals surface area contributed by atoms with Gasteiger partial charge in [0.2, 0.25) is 0 Å². The first-order valence-electron chi connectivity index (χ1n) is 5.90. The van der Waals surface area contributed by atoms with Gasteiger partial charge >= 0.3 is 5.97 Å². The summed E-state index contributed by atoms with van der Waals surface area (Å²) in [7, 11) is 0. The molecule has 1 atom stereocenters. The lowest BCUT2D eigenvalue weighted by Crippen LogP contribution is -2.27. The number of anilines is 1. The van der Waals surface area contributed by atoms with Crippen LogP contribution in [-0.4, -0.2) is 22.0 Å². The summed E-state index contributed by atoms with van der Waals surface area (Å²) in [5, 5.41) is 14.3. The fourth-order valence-electron chi connectivity index (χ4n) is 1.83. The van der Waals surface area contributed by atoms with Gasteiger partial charge in [0, 0.05) is 11.9 Å². The number of nitrogens with zero attached hydrogens (tertiary/aromatic N) is 1. The third-order valence-electron chi connectivity index (χ3n) is 2.99. The lowest BCUT2D eigenvalue weighted by Gasteiger charge is -2.16. The molecule has 0 aliphatic carbocycles. The van der Waals surface area contributed by atoms with Crippen LogP contribution in [0.4, 0.5) is 5.00 Å². The van der Waals surface area contributed by atoms with Crippen LogP contribution in [0.3, 0.4) is 0 Å². The van der Waals surface area contributed by atoms with Crippen molar-refractivity contribution >= 4 is 33.4 Å². The Morgan fingerprint density at radius 3 is 2.83 bits per heavy atom. The standard InChI is InChI=1S/C13H16N2O2S/c1-8(2)10(13(16)17)7-14-12-9-5-3-4-6-11(9)15-18-12/h3-6,8,10,14H,7H2,1-2H3,(H,16,17). The van der Waals surface area contributed by atoms with Gasteiger partial charge in [0.1, 0.15) is 5.00 Å². The summed E-state index contributed by atoms with van der Waals surface area (Å²) in [6.45, 7) is 4.27. The van der Waals surface area contributed by atoms with Crippen molar-refractivity contribution in [3.05, 3.63) is 24.3 Å². The highest BCUT2D eigenvalue weighted by molar-refractivity contribution is 7.11. The summed E-state index contributed by atoms with van der Waals surface area (Å²) < 4.78 is 4.32. The molecule has 1 unspecified atom stereocenters. The number of aliphatic carboxylic acids is 1. The molecule has 0 fully saturated rings. The molecule has 18 heavy (non-hydrogen) atoms. The van der Waals surface area contributed by atoms with E-state index >= 15 is 0 Å². The van der Waals surface area contributed by atoms with E-state index in [9.17, 15) is 4.79 Å². The van der Waals surface area contributed by atoms with E-state index in [1.54, 1.807) is 0 Å². The largest absolute Gasteiger partial charge is 0.481 e. The molecule has 0 aliphatic heterocycles. The van der Waals surface area contributed by atoms with Crippen LogP contribution in [0.2, 0.25) is 0 Å². The Hall–Kier alpha value is -1.62. The summed E-state index contributed by atoms with van der Waals surface area (Å²) in [6, 6.07) is 7.85. The van der Waals surface area contributed by atoms with Gasteiger partial charge in [-0.05, 0) is 29.6 Å². The Bertz CT molecular complexity index is 551. The number of aromatic nitrogens is 1. The molecule has 96 valence electrons. The van der Waals surface area contributed by atoms with Crippen molar-refractivity contribution in [2.45, 2.75) is 13.8 Å². The predicted octanol–water partition coefficient (Wildman–Crippen LogP) is 3.07. The van der Waals surface area contributed by atoms with Crippen molar-refractivity contribution in [1.82, 2.24) is 4.37 Å². The molecule has 0 saturated heterocycles. The number of rotatable bonds is 5. The lowest BCUT2D eigenvalue weighted by molar-refractivity contribution is -0.142. The highest BCUT2D eigenvalue weighted by Crippen LogP contribution is 2.27. The Labute approximate surface area is 110 Å². The smallest absolute Gasteiger partial charge is 0.308 e. The molecule has 4 nitrogen and oxygen atoms in total. The average molecular weight is 264 g/mol. The fourth-order valence-corrected chi connectivity index (χ4v) is 2.60. The van der Waals surface area contributed by atoms with Crippen LogP contribution < -0.4 is 5.32 Å². The van der Waals surface area contributed by atoms with Crippen LogP contribution in [0.5, 0.6) is 0 Å². The number of benzene rings is 1. The molecule has 0 amide bonds. The van der Waals surface area contributed by atoms with Gasteiger partial charge in [-0.15, -0.1) is 0 Å². The Morgan fingerprint density at radius 1 is 1.44 bits per heavy atom. The number of hydrogen-bond donors (Lipinski definition) is 2. The van der Waals surface area contributed by atoms with E-state index < -0.39 is 5.97 Å². The first kappa shape index (κ1) is 12.8. The minimum absolute atomic E-state index is 0.106. The summed E-state index contributed by atoms with van der Waals surface area (Å²) in [5.74, 6) is -1.04. The lowest BCUT2D eigenvalue weighted by atomic mass is 9.96. The quantitative estimate of drug-likeness (QED) is 0.871. The summed E-state index contributed by atoms with van der Waals surface area (Å²) in [5.41, 5.74) is 0.946. The molecular formula is C13H16N2O2S. The SMILES string of the molecule is CC(C)C(CNc1snc2ccccc12)C(=O)O. The van der Waals surface area contributed by atoms with E-state index in [0.29, 0.717) is 6.54 Å². The van der Waals surface area contributed by atoms with Crippen LogP contribution in [0.25, 0.3) is 10.9 Å². The fraction of sp³-hybridized carbons (Fsp3) is 0.385. The van der Waals surface area contributed by atoms with Gasteiger partial charge in [0.15, 0.2) is 0 Å². The maximum Gasteiger partial charge on any atom is 0.308 e. The van der Waals surface area contributed by atoms with Gasteiger partial charge in [-0.25, -0.2) is 0 Å². The number of nitrogens with one attached hydrogen (secondary N) is 1. The van der Waals surface area contributed by atoms with Crippen molar-refractivity contribution in [2.24, 2.45) is 11.8 Å². The minimum atomic E-state index is -0.758. The third kappa shape index (κ3) is 2.61. The van der Waals surface area contributed by atoms with Crippen molar-refractivity contribution in [1.29, 1.82) is 0 Å². The van der Waals surface area contributed by atoms with Gasteiger partial charge in [-0.2, -0.15) is 4.37 Å². The molecule has 0 saturated carbocycles. The Morgan fingerprint density at radius 2 is 2.17 bits per heavy atom. The third-order valence-corrected chi connectivity index (χ3v) is 3.82. The molecule has 0 radical (unpaired) electrons. The van der Waals surface area contributed by atoms with Gasteiger partial charge < -0.3 is 10.4 Å². The van der Waals surface area contributed by atoms with E-state index in [4.69, 9.17) is 5.11 Å². The van der Waals surface area contributed by atoms with E-state index in [2.05, 4.69) is 9.69 Å². The molecular weight excluding hydrogens is 248 g/mol. The zero-order valence-electron chi connectivity index (χ0n) is 10.4. The van der Waals surface area contributed by atoms with Crippen LogP contribution >= 0.6 is 11.5 Å². The van der Waals surface area contributed by atoms with E-state index in [1.165, 1.54) is 11.5 Å². The monoisotopic (exact) mass is 264 g/mol. The van der Waals surface area contributed by atoms with Crippen LogP contribution in [0.1, 0.15) is 13.8 Å². The molecule has 0 bridgehead atoms. The number of carboxylic acids is 1. The van der Waals surface area contributed by atoms with Crippen LogP contribution in [0, 0.1) is 11.8 Å². The Balaban J connectivity index is 2.12. The summed E-state index contributed by atoms with van der Waals surface area (Å²) in [6.07, 6.45) is 0. The average Bonchev–Trinajstić information content (AvgIpc) is 2.72. The summed E-state index contributed by atoms with van der Waals surface area (Å²) in [4.78, 5) is 11.1. The number of fused-ring (bicyclic) bond motifs is 1. The van der Waals surface area contributed by atoms with Gasteiger partial charge in [0.05, 0.1) is 11.4 Å². The maximum atomic E-state index is 11.1. The molecule has 1 aromatic heterocycles. The van der Waals surface area contributed by atoms with Crippen molar-refractivity contribution < 1.29 is 9.90 Å². The zero-order chi connectivity index (χ0) is 13.1. The first-order chi connectivity index (χ1) is 8.59. The molecule has 2 N–H and O–H groups in total. The van der Waals surface area contributed by atoms with E-state index in [0.717, 1.165) is 15.9 Å². The maximum absolute atomic E-state index is 11.1. The molecule has 0 spiro atoms. The molecule has 1 heterocycles. The van der Waals surface area contributed by atoms with Crippen molar-refractivity contribution in [3.8, 4) is 0 Å². The minimum Gasteiger partial charge on any atom is -0.481 e. The highest BCUT2D eigenvalue weighted by Gasteiger charge is 2.21. The van der Waals surface area contributed by atoms with E-state index in [-0.39, 0.29) is 11.8 Å². The molecule has 5 heteroatoms. The summed E-state index contributed by atoms with van der Waals surface area (Å²) >= 11 is 1.37. The first-order valence-corrected chi connectivity index (χ1v) is 6.68. The predicted molar refractivity (Wildman–Crippen MR) is 74.1 cm³/mol. The highest BCUT2D eigenvalue weighted by atomic mass is 32.1. The van der Waals surface area contributed by atoms with Gasteiger partial charge in [-0.1, -0.05) is 26.0 Å². The number of hydrogen-bond acceptors (Lipinski definition) is 4. The number of carboxylic acid groups (broad SMARTS) is 1. The van der Waals surface area contributed by atoms with E-state index in [1.807, 2.05) is 38.1 Å². The second kappa shape index (κ2) is 5.35.